The van der Waals surface area contributed by atoms with Crippen molar-refractivity contribution in [2.45, 2.75) is 50.1 Å². The normalized spacial score (nSPS) is 18.0. The first-order valence-corrected chi connectivity index (χ1v) is 10.8. The maximum Gasteiger partial charge on any atom is 0.240 e. The molecule has 3 aromatic rings. The van der Waals surface area contributed by atoms with Crippen LogP contribution in [0, 0.1) is 6.92 Å². The van der Waals surface area contributed by atoms with E-state index in [0.29, 0.717) is 5.16 Å². The minimum absolute atomic E-state index is 0.0510. The molecule has 0 saturated heterocycles. The standard InChI is InChI=1S/C22H25N5OS/c1-4-15-9-11-16(12-10-15)19-20(21(28)23-17-8-6-7-14(3)13-17)29-22-25-24-18(5-2)27(22)26-19/h6-13,19-20,26H,4-5H2,1-3H3,(H,23,28)/t19-,20-/m0/s1. The molecule has 6 nitrogen and oxygen atoms in total. The number of hydrogen-bond donors (Lipinski definition) is 2. The minimum atomic E-state index is -0.371. The Hall–Kier alpha value is -2.80. The van der Waals surface area contributed by atoms with Gasteiger partial charge in [-0.05, 0) is 42.2 Å². The zero-order chi connectivity index (χ0) is 20.4. The van der Waals surface area contributed by atoms with Gasteiger partial charge in [0.2, 0.25) is 11.1 Å². The SMILES string of the molecule is CCc1ccc([C@@H]2Nn3c(CC)nnc3S[C@@H]2C(=O)Nc2cccc(C)c2)cc1. The zero-order valence-electron chi connectivity index (χ0n) is 16.8. The first-order chi connectivity index (χ1) is 14.1. The Labute approximate surface area is 175 Å². The van der Waals surface area contributed by atoms with Crippen molar-refractivity contribution in [2.75, 3.05) is 10.7 Å². The van der Waals surface area contributed by atoms with Crippen LogP contribution in [-0.2, 0) is 17.6 Å². The summed E-state index contributed by atoms with van der Waals surface area (Å²) in [6, 6.07) is 16.1. The monoisotopic (exact) mass is 407 g/mol. The number of nitrogens with zero attached hydrogens (tertiary/aromatic N) is 3. The number of anilines is 1. The molecule has 0 fully saturated rings. The van der Waals surface area contributed by atoms with Crippen LogP contribution in [0.4, 0.5) is 5.69 Å². The lowest BCUT2D eigenvalue weighted by molar-refractivity contribution is -0.116. The van der Waals surface area contributed by atoms with Gasteiger partial charge in [0.25, 0.3) is 0 Å². The van der Waals surface area contributed by atoms with Crippen LogP contribution in [0.15, 0.2) is 53.7 Å². The number of fused-ring (bicyclic) bond motifs is 1. The first kappa shape index (κ1) is 19.5. The maximum absolute atomic E-state index is 13.2. The number of thioether (sulfide) groups is 1. The molecule has 0 aliphatic carbocycles. The third-order valence-electron chi connectivity index (χ3n) is 5.11. The molecule has 0 bridgehead atoms. The second-order valence-corrected chi connectivity index (χ2v) is 8.30. The van der Waals surface area contributed by atoms with Gasteiger partial charge in [-0.1, -0.05) is 62.0 Å². The fraction of sp³-hybridized carbons (Fsp3) is 0.318. The first-order valence-electron chi connectivity index (χ1n) is 9.93. The largest absolute Gasteiger partial charge is 0.325 e. The summed E-state index contributed by atoms with van der Waals surface area (Å²) in [4.78, 5) is 13.2. The second kappa shape index (κ2) is 8.29. The number of carbonyl (C=O) groups is 1. The summed E-state index contributed by atoms with van der Waals surface area (Å²) in [6.07, 6.45) is 1.75. The highest BCUT2D eigenvalue weighted by atomic mass is 32.2. The van der Waals surface area contributed by atoms with E-state index < -0.39 is 0 Å². The van der Waals surface area contributed by atoms with Crippen LogP contribution in [0.3, 0.4) is 0 Å². The van der Waals surface area contributed by atoms with E-state index in [4.69, 9.17) is 0 Å². The van der Waals surface area contributed by atoms with Crippen molar-refractivity contribution in [2.24, 2.45) is 0 Å². The van der Waals surface area contributed by atoms with Gasteiger partial charge >= 0.3 is 0 Å². The van der Waals surface area contributed by atoms with Crippen molar-refractivity contribution in [3.05, 3.63) is 71.0 Å². The Morgan fingerprint density at radius 2 is 1.93 bits per heavy atom. The molecule has 2 atom stereocenters. The van der Waals surface area contributed by atoms with Gasteiger partial charge in [-0.15, -0.1) is 10.2 Å². The summed E-state index contributed by atoms with van der Waals surface area (Å²) in [7, 11) is 0. The molecule has 4 rings (SSSR count). The Morgan fingerprint density at radius 3 is 2.62 bits per heavy atom. The average molecular weight is 408 g/mol. The molecule has 0 saturated carbocycles. The van der Waals surface area contributed by atoms with Crippen molar-refractivity contribution in [3.8, 4) is 0 Å². The maximum atomic E-state index is 13.2. The van der Waals surface area contributed by atoms with Gasteiger partial charge in [0.1, 0.15) is 5.25 Å². The zero-order valence-corrected chi connectivity index (χ0v) is 17.7. The van der Waals surface area contributed by atoms with Crippen molar-refractivity contribution < 1.29 is 4.79 Å². The highest BCUT2D eigenvalue weighted by Crippen LogP contribution is 2.37. The molecule has 0 unspecified atom stereocenters. The van der Waals surface area contributed by atoms with Crippen LogP contribution in [0.1, 0.15) is 42.4 Å². The lowest BCUT2D eigenvalue weighted by Gasteiger charge is -2.33. The van der Waals surface area contributed by atoms with Crippen LogP contribution in [0.5, 0.6) is 0 Å². The van der Waals surface area contributed by atoms with Crippen LogP contribution < -0.4 is 10.7 Å². The van der Waals surface area contributed by atoms with E-state index in [1.54, 1.807) is 0 Å². The molecular weight excluding hydrogens is 382 g/mol. The summed E-state index contributed by atoms with van der Waals surface area (Å²) in [5, 5.41) is 11.9. The predicted molar refractivity (Wildman–Crippen MR) is 117 cm³/mol. The Balaban J connectivity index is 1.66. The Bertz CT molecular complexity index is 1010. The summed E-state index contributed by atoms with van der Waals surface area (Å²) in [6.45, 7) is 6.20. The number of amides is 1. The van der Waals surface area contributed by atoms with Gasteiger partial charge in [-0.2, -0.15) is 0 Å². The van der Waals surface area contributed by atoms with Gasteiger partial charge in [0.15, 0.2) is 5.82 Å². The average Bonchev–Trinajstić information content (AvgIpc) is 3.15. The molecule has 1 aliphatic rings. The highest BCUT2D eigenvalue weighted by Gasteiger charge is 2.37. The van der Waals surface area contributed by atoms with E-state index in [9.17, 15) is 4.79 Å². The summed E-state index contributed by atoms with van der Waals surface area (Å²) < 4.78 is 1.92. The number of carbonyl (C=O) groups excluding carboxylic acids is 1. The number of benzene rings is 2. The Kier molecular flexibility index (Phi) is 5.58. The number of aryl methyl sites for hydroxylation is 3. The molecule has 0 spiro atoms. The predicted octanol–water partition coefficient (Wildman–Crippen LogP) is 4.11. The molecule has 0 radical (unpaired) electrons. The number of nitrogens with one attached hydrogen (secondary N) is 2. The second-order valence-electron chi connectivity index (χ2n) is 7.19. The van der Waals surface area contributed by atoms with Gasteiger partial charge in [0, 0.05) is 12.1 Å². The number of rotatable bonds is 5. The molecule has 2 N–H and O–H groups in total. The molecule has 2 aromatic carbocycles. The topological polar surface area (TPSA) is 71.8 Å². The summed E-state index contributed by atoms with van der Waals surface area (Å²) in [5.41, 5.74) is 7.74. The van der Waals surface area contributed by atoms with Crippen molar-refractivity contribution in [1.82, 2.24) is 14.9 Å². The van der Waals surface area contributed by atoms with Crippen LogP contribution in [0.25, 0.3) is 0 Å². The quantitative estimate of drug-likeness (QED) is 0.666. The van der Waals surface area contributed by atoms with Crippen LogP contribution in [-0.4, -0.2) is 26.0 Å². The highest BCUT2D eigenvalue weighted by molar-refractivity contribution is 8.00. The third-order valence-corrected chi connectivity index (χ3v) is 6.33. The van der Waals surface area contributed by atoms with Crippen molar-refractivity contribution >= 4 is 23.4 Å². The van der Waals surface area contributed by atoms with Gasteiger partial charge in [-0.3, -0.25) is 4.79 Å². The lowest BCUT2D eigenvalue weighted by Crippen LogP contribution is -2.41. The van der Waals surface area contributed by atoms with E-state index in [1.165, 1.54) is 17.3 Å². The molecule has 29 heavy (non-hydrogen) atoms. The molecule has 2 heterocycles. The molecule has 1 amide bonds. The van der Waals surface area contributed by atoms with Gasteiger partial charge < -0.3 is 10.7 Å². The fourth-order valence-electron chi connectivity index (χ4n) is 3.47. The molecular formula is C22H25N5OS. The summed E-state index contributed by atoms with van der Waals surface area (Å²) >= 11 is 1.45. The number of aromatic nitrogens is 3. The minimum Gasteiger partial charge on any atom is -0.325 e. The van der Waals surface area contributed by atoms with E-state index in [1.807, 2.05) is 42.8 Å². The number of hydrogen-bond acceptors (Lipinski definition) is 5. The van der Waals surface area contributed by atoms with Crippen LogP contribution >= 0.6 is 11.8 Å². The molecule has 150 valence electrons. The fourth-order valence-corrected chi connectivity index (χ4v) is 4.57. The Morgan fingerprint density at radius 1 is 1.14 bits per heavy atom. The van der Waals surface area contributed by atoms with Gasteiger partial charge in [-0.25, -0.2) is 4.68 Å². The third kappa shape index (κ3) is 4.00. The van der Waals surface area contributed by atoms with E-state index >= 15 is 0 Å². The van der Waals surface area contributed by atoms with Gasteiger partial charge in [0.05, 0.1) is 6.04 Å². The van der Waals surface area contributed by atoms with E-state index in [-0.39, 0.29) is 17.2 Å². The lowest BCUT2D eigenvalue weighted by atomic mass is 10.0. The van der Waals surface area contributed by atoms with E-state index in [2.05, 4.69) is 52.1 Å². The van der Waals surface area contributed by atoms with E-state index in [0.717, 1.165) is 35.5 Å². The van der Waals surface area contributed by atoms with Crippen molar-refractivity contribution in [1.29, 1.82) is 0 Å². The molecule has 7 heteroatoms. The summed E-state index contributed by atoms with van der Waals surface area (Å²) in [5.74, 6) is 0.810. The molecule has 1 aromatic heterocycles. The molecule has 1 aliphatic heterocycles. The smallest absolute Gasteiger partial charge is 0.240 e. The van der Waals surface area contributed by atoms with Crippen LogP contribution in [0.2, 0.25) is 0 Å². The van der Waals surface area contributed by atoms with Crippen molar-refractivity contribution in [3.63, 3.8) is 0 Å².